The van der Waals surface area contributed by atoms with Gasteiger partial charge in [-0.05, 0) is 25.9 Å². The van der Waals surface area contributed by atoms with E-state index in [-0.39, 0.29) is 18.6 Å². The van der Waals surface area contributed by atoms with Gasteiger partial charge in [0.1, 0.15) is 5.92 Å². The SMILES string of the molecule is CN(C(=O)CSC1CCNCC1)C1COCC1C(=O)O. The van der Waals surface area contributed by atoms with Crippen LogP contribution in [0.25, 0.3) is 0 Å². The van der Waals surface area contributed by atoms with Gasteiger partial charge in [0.25, 0.3) is 0 Å². The number of rotatable bonds is 5. The zero-order valence-corrected chi connectivity index (χ0v) is 12.5. The summed E-state index contributed by atoms with van der Waals surface area (Å²) in [6.07, 6.45) is 2.18. The van der Waals surface area contributed by atoms with Gasteiger partial charge in [-0.25, -0.2) is 0 Å². The van der Waals surface area contributed by atoms with Gasteiger partial charge in [-0.15, -0.1) is 11.8 Å². The van der Waals surface area contributed by atoms with Crippen molar-refractivity contribution >= 4 is 23.6 Å². The van der Waals surface area contributed by atoms with E-state index in [0.29, 0.717) is 17.6 Å². The number of likely N-dealkylation sites (N-methyl/N-ethyl adjacent to an activating group) is 1. The zero-order valence-electron chi connectivity index (χ0n) is 11.7. The molecule has 7 heteroatoms. The van der Waals surface area contributed by atoms with Crippen LogP contribution < -0.4 is 5.32 Å². The zero-order chi connectivity index (χ0) is 14.5. The number of nitrogens with one attached hydrogen (secondary N) is 1. The van der Waals surface area contributed by atoms with Gasteiger partial charge >= 0.3 is 5.97 Å². The number of piperidine rings is 1. The van der Waals surface area contributed by atoms with Crippen LogP contribution in [0.1, 0.15) is 12.8 Å². The lowest BCUT2D eigenvalue weighted by Gasteiger charge is -2.27. The van der Waals surface area contributed by atoms with Gasteiger partial charge in [0.05, 0.1) is 25.0 Å². The van der Waals surface area contributed by atoms with Crippen LogP contribution in [0.4, 0.5) is 0 Å². The fourth-order valence-electron chi connectivity index (χ4n) is 2.60. The van der Waals surface area contributed by atoms with Gasteiger partial charge < -0.3 is 20.1 Å². The number of ether oxygens (including phenoxy) is 1. The van der Waals surface area contributed by atoms with Crippen LogP contribution in [-0.4, -0.2) is 72.3 Å². The van der Waals surface area contributed by atoms with Crippen LogP contribution >= 0.6 is 11.8 Å². The van der Waals surface area contributed by atoms with E-state index in [2.05, 4.69) is 5.32 Å². The van der Waals surface area contributed by atoms with E-state index in [4.69, 9.17) is 9.84 Å². The first-order valence-corrected chi connectivity index (χ1v) is 8.03. The predicted molar refractivity (Wildman–Crippen MR) is 76.9 cm³/mol. The first-order chi connectivity index (χ1) is 9.59. The number of nitrogens with zero attached hydrogens (tertiary/aromatic N) is 1. The average Bonchev–Trinajstić information content (AvgIpc) is 2.94. The fraction of sp³-hybridized carbons (Fsp3) is 0.846. The summed E-state index contributed by atoms with van der Waals surface area (Å²) in [7, 11) is 1.68. The Bertz CT molecular complexity index is 360. The lowest BCUT2D eigenvalue weighted by atomic mass is 10.0. The van der Waals surface area contributed by atoms with Gasteiger partial charge in [0, 0.05) is 12.3 Å². The molecule has 2 saturated heterocycles. The molecule has 114 valence electrons. The summed E-state index contributed by atoms with van der Waals surface area (Å²) in [4.78, 5) is 24.9. The van der Waals surface area contributed by atoms with Crippen molar-refractivity contribution in [1.29, 1.82) is 0 Å². The molecule has 2 atom stereocenters. The normalized spacial score (nSPS) is 27.4. The highest BCUT2D eigenvalue weighted by Crippen LogP contribution is 2.23. The summed E-state index contributed by atoms with van der Waals surface area (Å²) in [5.74, 6) is -1.08. The molecule has 0 saturated carbocycles. The molecule has 2 N–H and O–H groups in total. The standard InChI is InChI=1S/C13H22N2O4S/c1-15(11-7-19-6-10(11)13(17)18)12(16)8-20-9-2-4-14-5-3-9/h9-11,14H,2-8H2,1H3,(H,17,18). The van der Waals surface area contributed by atoms with Gasteiger partial charge in [-0.1, -0.05) is 0 Å². The topological polar surface area (TPSA) is 78.9 Å². The number of aliphatic carboxylic acids is 1. The Morgan fingerprint density at radius 2 is 2.05 bits per heavy atom. The smallest absolute Gasteiger partial charge is 0.311 e. The van der Waals surface area contributed by atoms with Crippen molar-refractivity contribution in [2.75, 3.05) is 39.1 Å². The number of carboxylic acids is 1. The summed E-state index contributed by atoms with van der Waals surface area (Å²) < 4.78 is 5.21. The van der Waals surface area contributed by atoms with E-state index in [1.165, 1.54) is 0 Å². The molecule has 2 fully saturated rings. The number of amides is 1. The minimum atomic E-state index is -0.891. The lowest BCUT2D eigenvalue weighted by molar-refractivity contribution is -0.144. The second-order valence-corrected chi connectivity index (χ2v) is 6.60. The summed E-state index contributed by atoms with van der Waals surface area (Å²) in [6, 6.07) is -0.339. The van der Waals surface area contributed by atoms with E-state index in [0.717, 1.165) is 25.9 Å². The molecule has 2 rings (SSSR count). The van der Waals surface area contributed by atoms with Crippen LogP contribution in [0.2, 0.25) is 0 Å². The van der Waals surface area contributed by atoms with Crippen molar-refractivity contribution in [3.05, 3.63) is 0 Å². The Kier molecular flexibility index (Phi) is 5.68. The van der Waals surface area contributed by atoms with E-state index in [1.807, 2.05) is 0 Å². The Morgan fingerprint density at radius 3 is 2.70 bits per heavy atom. The van der Waals surface area contributed by atoms with Crippen molar-refractivity contribution in [3.63, 3.8) is 0 Å². The number of hydrogen-bond acceptors (Lipinski definition) is 5. The van der Waals surface area contributed by atoms with E-state index in [9.17, 15) is 9.59 Å². The van der Waals surface area contributed by atoms with Crippen LogP contribution in [0.5, 0.6) is 0 Å². The fourth-order valence-corrected chi connectivity index (χ4v) is 3.75. The van der Waals surface area contributed by atoms with Crippen molar-refractivity contribution in [2.24, 2.45) is 5.92 Å². The first kappa shape index (κ1) is 15.6. The Hall–Kier alpha value is -0.790. The van der Waals surface area contributed by atoms with Crippen molar-refractivity contribution < 1.29 is 19.4 Å². The molecule has 2 heterocycles. The number of carboxylic acid groups (broad SMARTS) is 1. The van der Waals surface area contributed by atoms with Crippen LogP contribution in [0, 0.1) is 5.92 Å². The van der Waals surface area contributed by atoms with Crippen LogP contribution in [0.3, 0.4) is 0 Å². The lowest BCUT2D eigenvalue weighted by Crippen LogP contribution is -2.45. The highest BCUT2D eigenvalue weighted by Gasteiger charge is 2.38. The quantitative estimate of drug-likeness (QED) is 0.746. The molecule has 0 radical (unpaired) electrons. The van der Waals surface area contributed by atoms with Gasteiger partial charge in [-0.3, -0.25) is 9.59 Å². The molecule has 0 aliphatic carbocycles. The molecule has 0 bridgehead atoms. The molecule has 0 aromatic carbocycles. The van der Waals surface area contributed by atoms with E-state index in [1.54, 1.807) is 23.7 Å². The Balaban J connectivity index is 1.80. The minimum Gasteiger partial charge on any atom is -0.481 e. The number of carbonyl (C=O) groups is 2. The maximum absolute atomic E-state index is 12.2. The molecule has 6 nitrogen and oxygen atoms in total. The maximum Gasteiger partial charge on any atom is 0.311 e. The Labute approximate surface area is 123 Å². The third-order valence-electron chi connectivity index (χ3n) is 3.99. The number of thioether (sulfide) groups is 1. The summed E-state index contributed by atoms with van der Waals surface area (Å²) in [6.45, 7) is 2.54. The largest absolute Gasteiger partial charge is 0.481 e. The van der Waals surface area contributed by atoms with Crippen LogP contribution in [0.15, 0.2) is 0 Å². The predicted octanol–water partition coefficient (Wildman–Crippen LogP) is 0.0296. The first-order valence-electron chi connectivity index (χ1n) is 6.98. The van der Waals surface area contributed by atoms with Crippen LogP contribution in [-0.2, 0) is 14.3 Å². The summed E-state index contributed by atoms with van der Waals surface area (Å²) in [5, 5.41) is 12.9. The van der Waals surface area contributed by atoms with Gasteiger partial charge in [0.15, 0.2) is 0 Å². The van der Waals surface area contributed by atoms with Crippen molar-refractivity contribution in [2.45, 2.75) is 24.1 Å². The minimum absolute atomic E-state index is 0.00437. The summed E-state index contributed by atoms with van der Waals surface area (Å²) >= 11 is 1.68. The number of hydrogen-bond donors (Lipinski definition) is 2. The molecule has 1 amide bonds. The van der Waals surface area contributed by atoms with E-state index >= 15 is 0 Å². The second-order valence-electron chi connectivity index (χ2n) is 5.31. The van der Waals surface area contributed by atoms with Gasteiger partial charge in [0.2, 0.25) is 5.91 Å². The molecule has 2 aliphatic heterocycles. The molecular weight excluding hydrogens is 280 g/mol. The van der Waals surface area contributed by atoms with Crippen molar-refractivity contribution in [1.82, 2.24) is 10.2 Å². The highest BCUT2D eigenvalue weighted by molar-refractivity contribution is 8.00. The highest BCUT2D eigenvalue weighted by atomic mass is 32.2. The van der Waals surface area contributed by atoms with Crippen molar-refractivity contribution in [3.8, 4) is 0 Å². The number of carbonyl (C=O) groups excluding carboxylic acids is 1. The maximum atomic E-state index is 12.2. The molecule has 0 aromatic heterocycles. The monoisotopic (exact) mass is 302 g/mol. The second kappa shape index (κ2) is 7.28. The molecule has 0 spiro atoms. The third kappa shape index (κ3) is 3.86. The molecule has 2 unspecified atom stereocenters. The molecule has 0 aromatic rings. The van der Waals surface area contributed by atoms with Gasteiger partial charge in [-0.2, -0.15) is 0 Å². The molecular formula is C13H22N2O4S. The van der Waals surface area contributed by atoms with E-state index < -0.39 is 11.9 Å². The average molecular weight is 302 g/mol. The Morgan fingerprint density at radius 1 is 1.35 bits per heavy atom. The molecule has 2 aliphatic rings. The molecule has 20 heavy (non-hydrogen) atoms. The summed E-state index contributed by atoms with van der Waals surface area (Å²) in [5.41, 5.74) is 0. The third-order valence-corrected chi connectivity index (χ3v) is 5.34.